The Kier molecular flexibility index (Phi) is 1.74. The predicted molar refractivity (Wildman–Crippen MR) is 55.6 cm³/mol. The lowest BCUT2D eigenvalue weighted by Crippen LogP contribution is -2.30. The minimum atomic E-state index is 0.230. The average Bonchev–Trinajstić information content (AvgIpc) is 2.84. The first-order chi connectivity index (χ1) is 6.06. The van der Waals surface area contributed by atoms with Gasteiger partial charge in [0.05, 0.1) is 5.54 Å². The third-order valence-electron chi connectivity index (χ3n) is 3.08. The molecule has 1 aliphatic heterocycles. The molecule has 0 bridgehead atoms. The van der Waals surface area contributed by atoms with Crippen molar-refractivity contribution >= 4 is 0 Å². The van der Waals surface area contributed by atoms with E-state index in [-0.39, 0.29) is 5.54 Å². The summed E-state index contributed by atoms with van der Waals surface area (Å²) < 4.78 is 0. The number of benzene rings is 1. The second kappa shape index (κ2) is 2.58. The molecular formula is C12H17N. The Morgan fingerprint density at radius 2 is 1.69 bits per heavy atom. The molecule has 1 aromatic rings. The van der Waals surface area contributed by atoms with E-state index in [1.165, 1.54) is 5.56 Å². The lowest BCUT2D eigenvalue weighted by Gasteiger charge is -2.29. The second-order valence-corrected chi connectivity index (χ2v) is 4.87. The Labute approximate surface area is 80.2 Å². The summed E-state index contributed by atoms with van der Waals surface area (Å²) in [6.07, 6.45) is 0. The van der Waals surface area contributed by atoms with Crippen LogP contribution in [0.1, 0.15) is 26.3 Å². The van der Waals surface area contributed by atoms with Crippen molar-refractivity contribution in [3.63, 3.8) is 0 Å². The van der Waals surface area contributed by atoms with Gasteiger partial charge >= 0.3 is 0 Å². The zero-order valence-corrected chi connectivity index (χ0v) is 8.59. The number of rotatable bonds is 1. The zero-order valence-electron chi connectivity index (χ0n) is 8.59. The quantitative estimate of drug-likeness (QED) is 0.651. The molecule has 1 heterocycles. The van der Waals surface area contributed by atoms with Crippen LogP contribution in [0.2, 0.25) is 0 Å². The molecule has 1 saturated heterocycles. The molecule has 0 radical (unpaired) electrons. The van der Waals surface area contributed by atoms with Gasteiger partial charge in [-0.2, -0.15) is 0 Å². The molecule has 2 rings (SSSR count). The Morgan fingerprint density at radius 1 is 1.15 bits per heavy atom. The lowest BCUT2D eigenvalue weighted by molar-refractivity contribution is 0.293. The van der Waals surface area contributed by atoms with Gasteiger partial charge in [-0.25, -0.2) is 0 Å². The Balaban J connectivity index is 2.37. The largest absolute Gasteiger partial charge is 0.304 e. The Morgan fingerprint density at radius 3 is 2.08 bits per heavy atom. The third-order valence-corrected chi connectivity index (χ3v) is 3.08. The molecule has 0 amide bonds. The molecule has 0 aliphatic carbocycles. The molecule has 1 N–H and O–H groups in total. The van der Waals surface area contributed by atoms with Gasteiger partial charge in [0.15, 0.2) is 0 Å². The molecule has 1 nitrogen and oxygen atoms in total. The van der Waals surface area contributed by atoms with E-state index in [4.69, 9.17) is 0 Å². The van der Waals surface area contributed by atoms with E-state index in [0.29, 0.717) is 5.41 Å². The highest BCUT2D eigenvalue weighted by molar-refractivity contribution is 5.33. The van der Waals surface area contributed by atoms with Crippen molar-refractivity contribution in [2.45, 2.75) is 26.3 Å². The Bertz CT molecular complexity index is 291. The van der Waals surface area contributed by atoms with Crippen LogP contribution in [-0.2, 0) is 5.54 Å². The molecule has 1 aliphatic rings. The zero-order chi connectivity index (χ0) is 9.53. The maximum Gasteiger partial charge on any atom is 0.0611 e. The first kappa shape index (κ1) is 8.76. The molecule has 1 aromatic carbocycles. The lowest BCUT2D eigenvalue weighted by atomic mass is 9.76. The molecule has 1 fully saturated rings. The number of hydrogen-bond donors (Lipinski definition) is 1. The molecule has 70 valence electrons. The number of hydrogen-bond acceptors (Lipinski definition) is 1. The van der Waals surface area contributed by atoms with Gasteiger partial charge in [0.1, 0.15) is 0 Å². The second-order valence-electron chi connectivity index (χ2n) is 4.87. The van der Waals surface area contributed by atoms with Crippen LogP contribution in [0.4, 0.5) is 0 Å². The highest BCUT2D eigenvalue weighted by Crippen LogP contribution is 2.46. The molecule has 1 unspecified atom stereocenters. The van der Waals surface area contributed by atoms with Crippen molar-refractivity contribution in [1.29, 1.82) is 0 Å². The first-order valence-electron chi connectivity index (χ1n) is 4.87. The van der Waals surface area contributed by atoms with Crippen LogP contribution in [0.5, 0.6) is 0 Å². The van der Waals surface area contributed by atoms with E-state index in [1.54, 1.807) is 0 Å². The summed E-state index contributed by atoms with van der Waals surface area (Å²) in [5.74, 6) is 0. The molecule has 1 atom stereocenters. The van der Waals surface area contributed by atoms with E-state index in [9.17, 15) is 0 Å². The minimum absolute atomic E-state index is 0.230. The van der Waals surface area contributed by atoms with Gasteiger partial charge in [-0.3, -0.25) is 0 Å². The molecule has 0 saturated carbocycles. The van der Waals surface area contributed by atoms with Gasteiger partial charge < -0.3 is 5.32 Å². The van der Waals surface area contributed by atoms with E-state index in [1.807, 2.05) is 0 Å². The fraction of sp³-hybridized carbons (Fsp3) is 0.500. The van der Waals surface area contributed by atoms with Crippen LogP contribution in [0.25, 0.3) is 0 Å². The monoisotopic (exact) mass is 175 g/mol. The summed E-state index contributed by atoms with van der Waals surface area (Å²) in [6.45, 7) is 7.99. The summed E-state index contributed by atoms with van der Waals surface area (Å²) in [4.78, 5) is 0. The maximum atomic E-state index is 3.50. The van der Waals surface area contributed by atoms with Crippen LogP contribution < -0.4 is 5.32 Å². The normalized spacial score (nSPS) is 27.3. The van der Waals surface area contributed by atoms with Crippen molar-refractivity contribution in [2.24, 2.45) is 5.41 Å². The van der Waals surface area contributed by atoms with Gasteiger partial charge in [-0.15, -0.1) is 0 Å². The SMILES string of the molecule is CC(C)(C)C1(c2ccccc2)CN1. The predicted octanol–water partition coefficient (Wildman–Crippen LogP) is 2.53. The summed E-state index contributed by atoms with van der Waals surface area (Å²) in [6, 6.07) is 10.7. The summed E-state index contributed by atoms with van der Waals surface area (Å²) in [5, 5.41) is 3.50. The van der Waals surface area contributed by atoms with Crippen LogP contribution in [0.15, 0.2) is 30.3 Å². The van der Waals surface area contributed by atoms with Crippen LogP contribution in [0, 0.1) is 5.41 Å². The topological polar surface area (TPSA) is 21.9 Å². The Hall–Kier alpha value is -0.820. The van der Waals surface area contributed by atoms with Gasteiger partial charge in [0, 0.05) is 6.54 Å². The minimum Gasteiger partial charge on any atom is -0.304 e. The highest BCUT2D eigenvalue weighted by Gasteiger charge is 2.52. The summed E-state index contributed by atoms with van der Waals surface area (Å²) in [7, 11) is 0. The number of nitrogens with one attached hydrogen (secondary N) is 1. The van der Waals surface area contributed by atoms with E-state index < -0.39 is 0 Å². The standard InChI is InChI=1S/C12H17N/c1-11(2,3)12(9-13-12)10-7-5-4-6-8-10/h4-8,13H,9H2,1-3H3. The van der Waals surface area contributed by atoms with Crippen molar-refractivity contribution in [2.75, 3.05) is 6.54 Å². The third kappa shape index (κ3) is 1.28. The fourth-order valence-corrected chi connectivity index (χ4v) is 1.98. The van der Waals surface area contributed by atoms with E-state index in [2.05, 4.69) is 56.4 Å². The van der Waals surface area contributed by atoms with Crippen molar-refractivity contribution in [3.05, 3.63) is 35.9 Å². The highest BCUT2D eigenvalue weighted by atomic mass is 15.2. The maximum absolute atomic E-state index is 3.50. The first-order valence-corrected chi connectivity index (χ1v) is 4.87. The summed E-state index contributed by atoms with van der Waals surface area (Å²) >= 11 is 0. The van der Waals surface area contributed by atoms with Gasteiger partial charge in [-0.1, -0.05) is 51.1 Å². The molecule has 0 spiro atoms. The van der Waals surface area contributed by atoms with Gasteiger partial charge in [0.25, 0.3) is 0 Å². The average molecular weight is 175 g/mol. The van der Waals surface area contributed by atoms with E-state index >= 15 is 0 Å². The fourth-order valence-electron chi connectivity index (χ4n) is 1.98. The van der Waals surface area contributed by atoms with Crippen molar-refractivity contribution in [3.8, 4) is 0 Å². The molecular weight excluding hydrogens is 158 g/mol. The van der Waals surface area contributed by atoms with Crippen LogP contribution in [-0.4, -0.2) is 6.54 Å². The molecule has 13 heavy (non-hydrogen) atoms. The summed E-state index contributed by atoms with van der Waals surface area (Å²) in [5.41, 5.74) is 1.95. The van der Waals surface area contributed by atoms with Crippen molar-refractivity contribution in [1.82, 2.24) is 5.32 Å². The van der Waals surface area contributed by atoms with Crippen LogP contribution in [0.3, 0.4) is 0 Å². The smallest absolute Gasteiger partial charge is 0.0611 e. The van der Waals surface area contributed by atoms with Gasteiger partial charge in [0.2, 0.25) is 0 Å². The van der Waals surface area contributed by atoms with Gasteiger partial charge in [-0.05, 0) is 11.0 Å². The molecule has 0 aromatic heterocycles. The van der Waals surface area contributed by atoms with Crippen LogP contribution >= 0.6 is 0 Å². The molecule has 1 heteroatoms. The van der Waals surface area contributed by atoms with Crippen molar-refractivity contribution < 1.29 is 0 Å². The van der Waals surface area contributed by atoms with E-state index in [0.717, 1.165) is 6.54 Å².